The fourth-order valence-electron chi connectivity index (χ4n) is 2.51. The first-order valence-electron chi connectivity index (χ1n) is 6.88. The van der Waals surface area contributed by atoms with Crippen LogP contribution in [0.5, 0.6) is 0 Å². The van der Waals surface area contributed by atoms with Crippen LogP contribution in [-0.2, 0) is 16.5 Å². The highest BCUT2D eigenvalue weighted by atomic mass is 35.5. The predicted molar refractivity (Wildman–Crippen MR) is 82.9 cm³/mol. The number of nitrogens with zero attached hydrogens (tertiary/aromatic N) is 1. The first kappa shape index (κ1) is 15.2. The number of hydrogen-bond acceptors (Lipinski definition) is 5. The molecule has 0 unspecified atom stereocenters. The van der Waals surface area contributed by atoms with Crippen molar-refractivity contribution in [1.82, 2.24) is 5.16 Å². The van der Waals surface area contributed by atoms with E-state index in [1.807, 2.05) is 0 Å². The minimum Gasteiger partial charge on any atom is -0.360 e. The summed E-state index contributed by atoms with van der Waals surface area (Å²) in [5.41, 5.74) is 1.94. The van der Waals surface area contributed by atoms with Gasteiger partial charge in [-0.1, -0.05) is 22.8 Å². The third-order valence-corrected chi connectivity index (χ3v) is 4.47. The van der Waals surface area contributed by atoms with Gasteiger partial charge < -0.3 is 4.52 Å². The average molecular weight is 340 g/mol. The van der Waals surface area contributed by atoms with Crippen LogP contribution in [-0.4, -0.2) is 19.4 Å². The van der Waals surface area contributed by atoms with Crippen LogP contribution in [0.2, 0.25) is 5.02 Å². The first-order chi connectivity index (χ1) is 10.5. The highest BCUT2D eigenvalue weighted by molar-refractivity contribution is 7.71. The summed E-state index contributed by atoms with van der Waals surface area (Å²) in [5, 5.41) is 4.47. The maximum Gasteiger partial charge on any atom is 0.165 e. The smallest absolute Gasteiger partial charge is 0.165 e. The Labute approximate surface area is 134 Å². The predicted octanol–water partition coefficient (Wildman–Crippen LogP) is 3.19. The SMILES string of the molecule is CC(=O)c1c(-c2ccc(Cl)cc2C[SH](=O)=O)noc1C1CC1. The average Bonchev–Trinajstić information content (AvgIpc) is 3.17. The van der Waals surface area contributed by atoms with E-state index in [1.165, 1.54) is 6.92 Å². The zero-order chi connectivity index (χ0) is 15.9. The normalized spacial score (nSPS) is 14.5. The highest BCUT2D eigenvalue weighted by Gasteiger charge is 2.34. The number of ketones is 1. The third kappa shape index (κ3) is 2.94. The molecule has 3 rings (SSSR count). The standard InChI is InChI=1S/C15H14ClNO4S/c1-8(18)13-14(17-21-15(13)9-2-3-9)12-5-4-11(16)6-10(12)7-22(19)20/h4-6,9,22H,2-3,7H2,1H3. The summed E-state index contributed by atoms with van der Waals surface area (Å²) in [6.45, 7) is 1.46. The van der Waals surface area contributed by atoms with Gasteiger partial charge in [-0.15, -0.1) is 0 Å². The molecule has 5 nitrogen and oxygen atoms in total. The molecule has 116 valence electrons. The van der Waals surface area contributed by atoms with Crippen LogP contribution in [0, 0.1) is 0 Å². The van der Waals surface area contributed by atoms with E-state index >= 15 is 0 Å². The molecule has 1 aromatic heterocycles. The van der Waals surface area contributed by atoms with E-state index in [-0.39, 0.29) is 17.5 Å². The van der Waals surface area contributed by atoms with E-state index in [0.717, 1.165) is 12.8 Å². The Balaban J connectivity index is 2.17. The van der Waals surface area contributed by atoms with E-state index < -0.39 is 10.7 Å². The zero-order valence-electron chi connectivity index (χ0n) is 11.8. The molecule has 0 radical (unpaired) electrons. The van der Waals surface area contributed by atoms with Crippen molar-refractivity contribution in [1.29, 1.82) is 0 Å². The number of rotatable bonds is 5. The van der Waals surface area contributed by atoms with Crippen molar-refractivity contribution in [2.75, 3.05) is 0 Å². The van der Waals surface area contributed by atoms with Crippen LogP contribution in [0.4, 0.5) is 0 Å². The van der Waals surface area contributed by atoms with Crippen molar-refractivity contribution in [3.8, 4) is 11.3 Å². The maximum atomic E-state index is 12.0. The van der Waals surface area contributed by atoms with Gasteiger partial charge >= 0.3 is 0 Å². The Morgan fingerprint density at radius 1 is 1.41 bits per heavy atom. The minimum absolute atomic E-state index is 0.134. The van der Waals surface area contributed by atoms with Crippen LogP contribution in [0.1, 0.15) is 47.4 Å². The molecular weight excluding hydrogens is 326 g/mol. The van der Waals surface area contributed by atoms with E-state index in [4.69, 9.17) is 16.1 Å². The number of aromatic nitrogens is 1. The fraction of sp³-hybridized carbons (Fsp3) is 0.333. The highest BCUT2D eigenvalue weighted by Crippen LogP contribution is 2.44. The van der Waals surface area contributed by atoms with Crippen molar-refractivity contribution in [2.45, 2.75) is 31.4 Å². The molecule has 0 bridgehead atoms. The van der Waals surface area contributed by atoms with Crippen molar-refractivity contribution in [2.24, 2.45) is 0 Å². The van der Waals surface area contributed by atoms with Gasteiger partial charge in [0.25, 0.3) is 0 Å². The van der Waals surface area contributed by atoms with Gasteiger partial charge in [-0.25, -0.2) is 8.42 Å². The molecule has 1 fully saturated rings. The lowest BCUT2D eigenvalue weighted by molar-refractivity contribution is 0.101. The first-order valence-corrected chi connectivity index (χ1v) is 8.62. The Morgan fingerprint density at radius 2 is 2.14 bits per heavy atom. The second-order valence-corrected chi connectivity index (χ2v) is 6.81. The quantitative estimate of drug-likeness (QED) is 0.668. The van der Waals surface area contributed by atoms with E-state index in [1.54, 1.807) is 18.2 Å². The lowest BCUT2D eigenvalue weighted by Crippen LogP contribution is -2.00. The molecule has 1 aliphatic rings. The fourth-order valence-corrected chi connectivity index (χ4v) is 3.25. The topological polar surface area (TPSA) is 77.2 Å². The summed E-state index contributed by atoms with van der Waals surface area (Å²) in [6.07, 6.45) is 1.96. The maximum absolute atomic E-state index is 12.0. The molecule has 2 aromatic rings. The van der Waals surface area contributed by atoms with Crippen LogP contribution in [0.25, 0.3) is 11.3 Å². The molecule has 0 N–H and O–H groups in total. The lowest BCUT2D eigenvalue weighted by atomic mass is 9.98. The van der Waals surface area contributed by atoms with Gasteiger partial charge in [0, 0.05) is 16.5 Å². The second-order valence-electron chi connectivity index (χ2n) is 5.39. The van der Waals surface area contributed by atoms with Crippen LogP contribution in [0.3, 0.4) is 0 Å². The zero-order valence-corrected chi connectivity index (χ0v) is 13.5. The monoisotopic (exact) mass is 339 g/mol. The number of carbonyl (C=O) groups excluding carboxylic acids is 1. The van der Waals surface area contributed by atoms with E-state index in [2.05, 4.69) is 5.16 Å². The number of Topliss-reactive ketones (excluding diaryl/α,β-unsaturated/α-hetero) is 1. The van der Waals surface area contributed by atoms with Gasteiger partial charge in [0.05, 0.1) is 11.3 Å². The summed E-state index contributed by atoms with van der Waals surface area (Å²) < 4.78 is 27.5. The van der Waals surface area contributed by atoms with Crippen molar-refractivity contribution < 1.29 is 17.7 Å². The molecule has 0 aliphatic heterocycles. The number of carbonyl (C=O) groups is 1. The molecule has 0 amide bonds. The third-order valence-electron chi connectivity index (χ3n) is 3.64. The summed E-state index contributed by atoms with van der Waals surface area (Å²) in [5.74, 6) is 0.557. The number of thiol groups is 1. The second kappa shape index (κ2) is 5.85. The Bertz CT molecular complexity index is 813. The van der Waals surface area contributed by atoms with Crippen LogP contribution in [0.15, 0.2) is 22.7 Å². The van der Waals surface area contributed by atoms with Gasteiger partial charge in [0.15, 0.2) is 11.5 Å². The molecule has 1 aliphatic carbocycles. The number of hydrogen-bond donors (Lipinski definition) is 1. The van der Waals surface area contributed by atoms with Gasteiger partial charge in [-0.2, -0.15) is 0 Å². The summed E-state index contributed by atoms with van der Waals surface area (Å²) in [7, 11) is -2.62. The number of halogens is 1. The van der Waals surface area contributed by atoms with Crippen LogP contribution >= 0.6 is 11.6 Å². The minimum atomic E-state index is -2.62. The molecule has 7 heteroatoms. The van der Waals surface area contributed by atoms with Crippen molar-refractivity contribution in [3.05, 3.63) is 40.1 Å². The van der Waals surface area contributed by atoms with E-state index in [9.17, 15) is 13.2 Å². The van der Waals surface area contributed by atoms with Crippen LogP contribution < -0.4 is 0 Å². The molecule has 0 saturated heterocycles. The van der Waals surface area contributed by atoms with Gasteiger partial charge in [0.2, 0.25) is 0 Å². The summed E-state index contributed by atoms with van der Waals surface area (Å²) in [4.78, 5) is 12.0. The van der Waals surface area contributed by atoms with Gasteiger partial charge in [-0.3, -0.25) is 4.79 Å². The Morgan fingerprint density at radius 3 is 2.73 bits per heavy atom. The Kier molecular flexibility index (Phi) is 4.06. The molecule has 1 aromatic carbocycles. The van der Waals surface area contributed by atoms with Crippen molar-refractivity contribution >= 4 is 28.1 Å². The van der Waals surface area contributed by atoms with Gasteiger partial charge in [-0.05, 0) is 37.5 Å². The molecule has 0 spiro atoms. The molecule has 1 heterocycles. The summed E-state index contributed by atoms with van der Waals surface area (Å²) >= 11 is 5.95. The molecule has 0 atom stereocenters. The van der Waals surface area contributed by atoms with Gasteiger partial charge in [0.1, 0.15) is 16.4 Å². The van der Waals surface area contributed by atoms with E-state index in [0.29, 0.717) is 33.2 Å². The summed E-state index contributed by atoms with van der Waals surface area (Å²) in [6, 6.07) is 4.91. The van der Waals surface area contributed by atoms with Crippen molar-refractivity contribution in [3.63, 3.8) is 0 Å². The molecule has 22 heavy (non-hydrogen) atoms. The molecular formula is C15H14ClNO4S. The Hall–Kier alpha value is -1.66. The number of benzene rings is 1. The largest absolute Gasteiger partial charge is 0.360 e. The molecule has 1 saturated carbocycles. The lowest BCUT2D eigenvalue weighted by Gasteiger charge is -2.06.